The van der Waals surface area contributed by atoms with Crippen molar-refractivity contribution in [2.75, 3.05) is 0 Å². The molecule has 1 aliphatic rings. The summed E-state index contributed by atoms with van der Waals surface area (Å²) >= 11 is 0. The minimum Gasteiger partial charge on any atom is -0.291 e. The molecular weight excluding hydrogens is 274 g/mol. The molecule has 0 aromatic heterocycles. The summed E-state index contributed by atoms with van der Waals surface area (Å²) in [5, 5.41) is 0. The van der Waals surface area contributed by atoms with Crippen LogP contribution in [0, 0.1) is 11.6 Å². The average molecular weight is 288 g/mol. The van der Waals surface area contributed by atoms with Crippen LogP contribution in [-0.2, 0) is 10.3 Å². The zero-order chi connectivity index (χ0) is 15.0. The summed E-state index contributed by atoms with van der Waals surface area (Å²) in [6.45, 7) is 1.92. The predicted molar refractivity (Wildman–Crippen MR) is 75.0 cm³/mol. The van der Waals surface area contributed by atoms with E-state index >= 15 is 0 Å². The Kier molecular flexibility index (Phi) is 3.22. The molecule has 1 atom stereocenters. The number of carbonyl (C=O) groups excluding carboxylic acids is 1. The third kappa shape index (κ3) is 2.52. The molecule has 108 valence electrons. The number of carbonyl (C=O) groups is 1. The Morgan fingerprint density at radius 2 is 1.81 bits per heavy atom. The highest BCUT2D eigenvalue weighted by molar-refractivity contribution is 5.79. The molecule has 1 heterocycles. The van der Waals surface area contributed by atoms with Crippen LogP contribution in [0.4, 0.5) is 8.78 Å². The Labute approximate surface area is 121 Å². The molecule has 2 N–H and O–H groups in total. The maximum atomic E-state index is 13.8. The van der Waals surface area contributed by atoms with Gasteiger partial charge in [0.05, 0.1) is 12.0 Å². The van der Waals surface area contributed by atoms with Crippen molar-refractivity contribution >= 4 is 5.91 Å². The maximum absolute atomic E-state index is 13.8. The van der Waals surface area contributed by atoms with Gasteiger partial charge in [0.2, 0.25) is 5.91 Å². The van der Waals surface area contributed by atoms with Crippen LogP contribution < -0.4 is 10.9 Å². The van der Waals surface area contributed by atoms with Crippen molar-refractivity contribution in [2.45, 2.75) is 18.9 Å². The summed E-state index contributed by atoms with van der Waals surface area (Å²) in [5.74, 6) is -1.25. The number of hydrogen-bond acceptors (Lipinski definition) is 2. The van der Waals surface area contributed by atoms with E-state index in [9.17, 15) is 13.6 Å². The van der Waals surface area contributed by atoms with Gasteiger partial charge in [-0.1, -0.05) is 24.3 Å². The van der Waals surface area contributed by atoms with Gasteiger partial charge in [-0.15, -0.1) is 0 Å². The fourth-order valence-corrected chi connectivity index (χ4v) is 2.53. The lowest BCUT2D eigenvalue weighted by Crippen LogP contribution is -2.38. The first-order valence-electron chi connectivity index (χ1n) is 6.60. The molecule has 3 rings (SSSR count). The standard InChI is InChI=1S/C16H14F2N2O/c1-16(9-15(21)19-20-16)11-4-2-10(3-5-11)13-7-6-12(17)8-14(13)18/h2-8,20H,9H2,1H3,(H,19,21). The fraction of sp³-hybridized carbons (Fsp3) is 0.188. The number of amides is 1. The van der Waals surface area contributed by atoms with Crippen LogP contribution in [0.1, 0.15) is 18.9 Å². The lowest BCUT2D eigenvalue weighted by atomic mass is 9.89. The summed E-state index contributed by atoms with van der Waals surface area (Å²) in [5.41, 5.74) is 6.99. The molecule has 2 aromatic carbocycles. The molecule has 0 radical (unpaired) electrons. The molecule has 3 nitrogen and oxygen atoms in total. The number of halogens is 2. The summed E-state index contributed by atoms with van der Waals surface area (Å²) < 4.78 is 26.7. The molecule has 0 spiro atoms. The van der Waals surface area contributed by atoms with E-state index in [2.05, 4.69) is 10.9 Å². The van der Waals surface area contributed by atoms with Gasteiger partial charge in [-0.3, -0.25) is 10.2 Å². The van der Waals surface area contributed by atoms with E-state index in [0.717, 1.165) is 11.6 Å². The highest BCUT2D eigenvalue weighted by atomic mass is 19.1. The third-order valence-electron chi connectivity index (χ3n) is 3.76. The van der Waals surface area contributed by atoms with Gasteiger partial charge >= 0.3 is 0 Å². The van der Waals surface area contributed by atoms with Crippen LogP contribution in [0.25, 0.3) is 11.1 Å². The van der Waals surface area contributed by atoms with Crippen LogP contribution in [0.3, 0.4) is 0 Å². The largest absolute Gasteiger partial charge is 0.291 e. The SMILES string of the molecule is CC1(c2ccc(-c3ccc(F)cc3F)cc2)CC(=O)NN1. The van der Waals surface area contributed by atoms with Crippen LogP contribution in [0.15, 0.2) is 42.5 Å². The number of hydrazine groups is 1. The van der Waals surface area contributed by atoms with Crippen molar-refractivity contribution in [3.8, 4) is 11.1 Å². The Morgan fingerprint density at radius 3 is 2.38 bits per heavy atom. The van der Waals surface area contributed by atoms with Crippen molar-refractivity contribution < 1.29 is 13.6 Å². The second-order valence-electron chi connectivity index (χ2n) is 5.38. The zero-order valence-corrected chi connectivity index (χ0v) is 11.4. The number of benzene rings is 2. The Bertz CT molecular complexity index is 700. The van der Waals surface area contributed by atoms with E-state index in [1.54, 1.807) is 12.1 Å². The van der Waals surface area contributed by atoms with E-state index in [1.165, 1.54) is 12.1 Å². The van der Waals surface area contributed by atoms with Gasteiger partial charge in [-0.25, -0.2) is 14.2 Å². The fourth-order valence-electron chi connectivity index (χ4n) is 2.53. The summed E-state index contributed by atoms with van der Waals surface area (Å²) in [6.07, 6.45) is 0.345. The highest BCUT2D eigenvalue weighted by Gasteiger charge is 2.35. The van der Waals surface area contributed by atoms with Gasteiger partial charge in [0.1, 0.15) is 11.6 Å². The smallest absolute Gasteiger partial charge is 0.236 e. The molecular formula is C16H14F2N2O. The average Bonchev–Trinajstić information content (AvgIpc) is 2.80. The van der Waals surface area contributed by atoms with Gasteiger partial charge in [-0.2, -0.15) is 0 Å². The van der Waals surface area contributed by atoms with Crippen LogP contribution >= 0.6 is 0 Å². The van der Waals surface area contributed by atoms with E-state index in [1.807, 2.05) is 19.1 Å². The van der Waals surface area contributed by atoms with Gasteiger partial charge in [0, 0.05) is 11.6 Å². The van der Waals surface area contributed by atoms with Crippen molar-refractivity contribution in [3.63, 3.8) is 0 Å². The lowest BCUT2D eigenvalue weighted by molar-refractivity contribution is -0.119. The molecule has 1 fully saturated rings. The molecule has 21 heavy (non-hydrogen) atoms. The number of hydrogen-bond donors (Lipinski definition) is 2. The van der Waals surface area contributed by atoms with Crippen LogP contribution in [0.5, 0.6) is 0 Å². The molecule has 0 aliphatic carbocycles. The monoisotopic (exact) mass is 288 g/mol. The van der Waals surface area contributed by atoms with Crippen molar-refractivity contribution in [3.05, 3.63) is 59.7 Å². The van der Waals surface area contributed by atoms with Crippen molar-refractivity contribution in [1.82, 2.24) is 10.9 Å². The minimum atomic E-state index is -0.597. The van der Waals surface area contributed by atoms with E-state index < -0.39 is 17.2 Å². The van der Waals surface area contributed by atoms with Gasteiger partial charge in [0.25, 0.3) is 0 Å². The first kappa shape index (κ1) is 13.7. The summed E-state index contributed by atoms with van der Waals surface area (Å²) in [7, 11) is 0. The first-order valence-corrected chi connectivity index (χ1v) is 6.60. The summed E-state index contributed by atoms with van der Waals surface area (Å²) in [4.78, 5) is 11.3. The molecule has 0 saturated carbocycles. The minimum absolute atomic E-state index is 0.0637. The van der Waals surface area contributed by atoms with E-state index in [4.69, 9.17) is 0 Å². The Hall–Kier alpha value is -2.27. The number of nitrogens with one attached hydrogen (secondary N) is 2. The molecule has 1 unspecified atom stereocenters. The van der Waals surface area contributed by atoms with Gasteiger partial charge < -0.3 is 0 Å². The van der Waals surface area contributed by atoms with Gasteiger partial charge in [0.15, 0.2) is 0 Å². The summed E-state index contributed by atoms with van der Waals surface area (Å²) in [6, 6.07) is 10.7. The quantitative estimate of drug-likeness (QED) is 0.892. The molecule has 0 bridgehead atoms. The molecule has 1 aliphatic heterocycles. The van der Waals surface area contributed by atoms with Crippen molar-refractivity contribution in [2.24, 2.45) is 0 Å². The Balaban J connectivity index is 1.92. The van der Waals surface area contributed by atoms with Crippen LogP contribution in [0.2, 0.25) is 0 Å². The molecule has 5 heteroatoms. The van der Waals surface area contributed by atoms with Gasteiger partial charge in [-0.05, 0) is 30.2 Å². The Morgan fingerprint density at radius 1 is 1.10 bits per heavy atom. The van der Waals surface area contributed by atoms with Crippen LogP contribution in [-0.4, -0.2) is 5.91 Å². The topological polar surface area (TPSA) is 41.1 Å². The number of rotatable bonds is 2. The maximum Gasteiger partial charge on any atom is 0.236 e. The second-order valence-corrected chi connectivity index (χ2v) is 5.38. The second kappa shape index (κ2) is 4.93. The van der Waals surface area contributed by atoms with Crippen molar-refractivity contribution in [1.29, 1.82) is 0 Å². The lowest BCUT2D eigenvalue weighted by Gasteiger charge is -2.23. The zero-order valence-electron chi connectivity index (χ0n) is 11.4. The van der Waals surface area contributed by atoms with E-state index in [-0.39, 0.29) is 5.91 Å². The third-order valence-corrected chi connectivity index (χ3v) is 3.76. The first-order chi connectivity index (χ1) is 9.98. The molecule has 2 aromatic rings. The molecule has 1 amide bonds. The highest BCUT2D eigenvalue weighted by Crippen LogP contribution is 2.30. The predicted octanol–water partition coefficient (Wildman–Crippen LogP) is 2.87. The molecule has 1 saturated heterocycles. The normalized spacial score (nSPS) is 21.4. The van der Waals surface area contributed by atoms with E-state index in [0.29, 0.717) is 17.5 Å².